The van der Waals surface area contributed by atoms with Gasteiger partial charge in [-0.3, -0.25) is 4.79 Å². The Morgan fingerprint density at radius 2 is 1.55 bits per heavy atom. The Morgan fingerprint density at radius 3 is 2.30 bits per heavy atom. The molecule has 1 atom stereocenters. The van der Waals surface area contributed by atoms with Gasteiger partial charge in [-0.1, -0.05) is 89.9 Å². The van der Waals surface area contributed by atoms with Crippen LogP contribution in [0.5, 0.6) is 0 Å². The number of hydrogen-bond acceptors (Lipinski definition) is 6. The van der Waals surface area contributed by atoms with E-state index < -0.39 is 11.7 Å². The Morgan fingerprint density at radius 1 is 0.875 bits per heavy atom. The first-order chi connectivity index (χ1) is 19.5. The fourth-order valence-electron chi connectivity index (χ4n) is 4.49. The highest BCUT2D eigenvalue weighted by Crippen LogP contribution is 2.36. The maximum Gasteiger partial charge on any atom is 0.295 e. The van der Waals surface area contributed by atoms with Gasteiger partial charge in [-0.05, 0) is 53.1 Å². The molecule has 1 aliphatic heterocycles. The van der Waals surface area contributed by atoms with Gasteiger partial charge in [0.2, 0.25) is 0 Å². The zero-order valence-corrected chi connectivity index (χ0v) is 22.6. The maximum absolute atomic E-state index is 13.4. The number of benzene rings is 4. The minimum Gasteiger partial charge on any atom is -0.359 e. The van der Waals surface area contributed by atoms with Crippen LogP contribution in [0.2, 0.25) is 10.0 Å². The zero-order valence-electron chi connectivity index (χ0n) is 21.1. The third kappa shape index (κ3) is 5.43. The van der Waals surface area contributed by atoms with Crippen LogP contribution in [-0.2, 0) is 6.42 Å². The number of hydrogen-bond donors (Lipinski definition) is 1. The topological polar surface area (TPSA) is 84.5 Å². The molecular formula is C31H22Cl2N6O. The van der Waals surface area contributed by atoms with E-state index in [0.29, 0.717) is 21.6 Å². The molecule has 2 heterocycles. The third-order valence-electron chi connectivity index (χ3n) is 6.49. The van der Waals surface area contributed by atoms with Gasteiger partial charge in [-0.25, -0.2) is 4.68 Å². The van der Waals surface area contributed by atoms with E-state index in [1.807, 2.05) is 91.0 Å². The van der Waals surface area contributed by atoms with Crippen LogP contribution in [0.3, 0.4) is 0 Å². The number of fused-ring (bicyclic) bond motifs is 3. The molecule has 1 N–H and O–H groups in total. The van der Waals surface area contributed by atoms with Crippen molar-refractivity contribution in [1.29, 1.82) is 0 Å². The molecule has 196 valence electrons. The van der Waals surface area contributed by atoms with Gasteiger partial charge >= 0.3 is 0 Å². The molecular weight excluding hydrogens is 543 g/mol. The first kappa shape index (κ1) is 25.7. The second-order valence-corrected chi connectivity index (χ2v) is 10.0. The number of aromatic nitrogens is 3. The van der Waals surface area contributed by atoms with Crippen LogP contribution in [0, 0.1) is 0 Å². The number of anilines is 1. The van der Waals surface area contributed by atoms with Crippen LogP contribution in [0.4, 0.5) is 5.69 Å². The molecule has 0 spiro atoms. The molecule has 4 aromatic carbocycles. The molecule has 0 saturated carbocycles. The summed E-state index contributed by atoms with van der Waals surface area (Å²) in [5.74, 6) is 0.488. The summed E-state index contributed by atoms with van der Waals surface area (Å²) >= 11 is 12.1. The van der Waals surface area contributed by atoms with Crippen molar-refractivity contribution < 1.29 is 0 Å². The maximum atomic E-state index is 13.4. The molecule has 0 bridgehead atoms. The summed E-state index contributed by atoms with van der Waals surface area (Å²) < 4.78 is 1.75. The van der Waals surface area contributed by atoms with Gasteiger partial charge in [0.25, 0.3) is 5.56 Å². The van der Waals surface area contributed by atoms with Crippen LogP contribution in [0.1, 0.15) is 28.6 Å². The smallest absolute Gasteiger partial charge is 0.295 e. The lowest BCUT2D eigenvalue weighted by atomic mass is 10.0. The Balaban J connectivity index is 1.42. The summed E-state index contributed by atoms with van der Waals surface area (Å²) in [4.78, 5) is 17.9. The van der Waals surface area contributed by atoms with Crippen molar-refractivity contribution >= 4 is 40.8 Å². The summed E-state index contributed by atoms with van der Waals surface area (Å²) in [6.07, 6.45) is 1.39. The minimum absolute atomic E-state index is 0.142. The Kier molecular flexibility index (Phi) is 7.23. The van der Waals surface area contributed by atoms with Gasteiger partial charge in [0.05, 0.1) is 11.9 Å². The lowest BCUT2D eigenvalue weighted by Crippen LogP contribution is -2.33. The van der Waals surface area contributed by atoms with E-state index in [-0.39, 0.29) is 12.1 Å². The van der Waals surface area contributed by atoms with Crippen molar-refractivity contribution in [2.45, 2.75) is 12.6 Å². The SMILES string of the molecule is O=c1nc2n(nc1C/C(=N\N=C\c1ccc(Cl)cc1)c1ccccc1)C(c1ccc(Cl)cc1)Nc1ccccc1-2. The highest BCUT2D eigenvalue weighted by Gasteiger charge is 2.28. The first-order valence-corrected chi connectivity index (χ1v) is 13.3. The highest BCUT2D eigenvalue weighted by molar-refractivity contribution is 6.30. The van der Waals surface area contributed by atoms with Crippen LogP contribution < -0.4 is 10.9 Å². The molecule has 1 aliphatic rings. The van der Waals surface area contributed by atoms with Gasteiger partial charge in [0.15, 0.2) is 5.82 Å². The molecule has 1 aromatic heterocycles. The Labute approximate surface area is 240 Å². The van der Waals surface area contributed by atoms with Crippen molar-refractivity contribution in [1.82, 2.24) is 14.8 Å². The molecule has 40 heavy (non-hydrogen) atoms. The second kappa shape index (κ2) is 11.3. The Hall–Kier alpha value is -4.59. The van der Waals surface area contributed by atoms with Crippen LogP contribution >= 0.6 is 23.2 Å². The monoisotopic (exact) mass is 564 g/mol. The number of halogens is 2. The number of nitrogens with zero attached hydrogens (tertiary/aromatic N) is 5. The summed E-state index contributed by atoms with van der Waals surface area (Å²) in [6.45, 7) is 0. The largest absolute Gasteiger partial charge is 0.359 e. The highest BCUT2D eigenvalue weighted by atomic mass is 35.5. The molecule has 0 fully saturated rings. The fourth-order valence-corrected chi connectivity index (χ4v) is 4.74. The van der Waals surface area contributed by atoms with Crippen molar-refractivity contribution in [3.63, 3.8) is 0 Å². The molecule has 0 radical (unpaired) electrons. The average Bonchev–Trinajstić information content (AvgIpc) is 2.98. The van der Waals surface area contributed by atoms with Crippen molar-refractivity contribution in [2.24, 2.45) is 10.2 Å². The van der Waals surface area contributed by atoms with E-state index in [1.165, 1.54) is 0 Å². The van der Waals surface area contributed by atoms with Crippen molar-refractivity contribution in [2.75, 3.05) is 5.32 Å². The van der Waals surface area contributed by atoms with Crippen LogP contribution in [0.15, 0.2) is 118 Å². The van der Waals surface area contributed by atoms with Gasteiger partial charge in [0, 0.05) is 27.7 Å². The predicted molar refractivity (Wildman–Crippen MR) is 161 cm³/mol. The lowest BCUT2D eigenvalue weighted by molar-refractivity contribution is 0.537. The minimum atomic E-state index is -0.414. The fraction of sp³-hybridized carbons (Fsp3) is 0.0645. The van der Waals surface area contributed by atoms with E-state index in [2.05, 4.69) is 20.5 Å². The molecule has 0 amide bonds. The zero-order chi connectivity index (χ0) is 27.5. The van der Waals surface area contributed by atoms with Gasteiger partial charge in [-0.2, -0.15) is 20.3 Å². The van der Waals surface area contributed by atoms with Gasteiger partial charge in [0.1, 0.15) is 11.9 Å². The van der Waals surface area contributed by atoms with Gasteiger partial charge in [-0.15, -0.1) is 0 Å². The van der Waals surface area contributed by atoms with Crippen molar-refractivity contribution in [3.05, 3.63) is 146 Å². The van der Waals surface area contributed by atoms with E-state index >= 15 is 0 Å². The standard InChI is InChI=1S/C31H22Cl2N6O/c32-23-14-10-20(11-15-23)19-34-37-27(21-6-2-1-3-7-21)18-28-31(40)36-30-25-8-4-5-9-26(25)35-29(39(30)38-28)22-12-16-24(33)17-13-22/h1-17,19,29,35H,18H2/b34-19+,37-27+. The molecule has 5 aromatic rings. The Bertz CT molecular complexity index is 1780. The molecule has 7 nitrogen and oxygen atoms in total. The van der Waals surface area contributed by atoms with Gasteiger partial charge < -0.3 is 5.32 Å². The average molecular weight is 565 g/mol. The molecule has 9 heteroatoms. The summed E-state index contributed by atoms with van der Waals surface area (Å²) in [5.41, 5.74) is 4.71. The molecule has 0 aliphatic carbocycles. The van der Waals surface area contributed by atoms with E-state index in [9.17, 15) is 4.79 Å². The number of nitrogens with one attached hydrogen (secondary N) is 1. The number of para-hydroxylation sites is 1. The quantitative estimate of drug-likeness (QED) is 0.185. The first-order valence-electron chi connectivity index (χ1n) is 12.6. The summed E-state index contributed by atoms with van der Waals surface area (Å²) in [7, 11) is 0. The third-order valence-corrected chi connectivity index (χ3v) is 6.99. The normalized spacial score (nSPS) is 14.4. The van der Waals surface area contributed by atoms with E-state index in [0.717, 1.165) is 27.9 Å². The lowest BCUT2D eigenvalue weighted by Gasteiger charge is -2.30. The van der Waals surface area contributed by atoms with Crippen LogP contribution in [0.25, 0.3) is 11.4 Å². The summed E-state index contributed by atoms with van der Waals surface area (Å²) in [6, 6.07) is 32.1. The predicted octanol–water partition coefficient (Wildman–Crippen LogP) is 6.65. The van der Waals surface area contributed by atoms with Crippen LogP contribution in [-0.4, -0.2) is 26.7 Å². The molecule has 6 rings (SSSR count). The number of rotatable bonds is 6. The van der Waals surface area contributed by atoms with Crippen molar-refractivity contribution in [3.8, 4) is 11.4 Å². The molecule has 1 unspecified atom stereocenters. The summed E-state index contributed by atoms with van der Waals surface area (Å²) in [5, 5.41) is 18.4. The molecule has 0 saturated heterocycles. The second-order valence-electron chi connectivity index (χ2n) is 9.16. The van der Waals surface area contributed by atoms with E-state index in [4.69, 9.17) is 28.3 Å². The van der Waals surface area contributed by atoms with E-state index in [1.54, 1.807) is 23.0 Å².